The van der Waals surface area contributed by atoms with Crippen LogP contribution in [-0.4, -0.2) is 17.2 Å². The molecule has 0 spiro atoms. The maximum atomic E-state index is 11.6. The van der Waals surface area contributed by atoms with Crippen LogP contribution >= 0.6 is 0 Å². The first-order valence-electron chi connectivity index (χ1n) is 1.99. The van der Waals surface area contributed by atoms with Crippen molar-refractivity contribution in [3.05, 3.63) is 0 Å². The SMILES string of the molecule is C[C@H](F)CC(=O)O. The van der Waals surface area contributed by atoms with Gasteiger partial charge in [0.2, 0.25) is 0 Å². The van der Waals surface area contributed by atoms with Crippen LogP contribution < -0.4 is 0 Å². The summed E-state index contributed by atoms with van der Waals surface area (Å²) >= 11 is 0. The van der Waals surface area contributed by atoms with E-state index < -0.39 is 12.1 Å². The molecule has 0 aromatic heterocycles. The van der Waals surface area contributed by atoms with Gasteiger partial charge in [-0.25, -0.2) is 4.39 Å². The van der Waals surface area contributed by atoms with Gasteiger partial charge in [0, 0.05) is 0 Å². The minimum absolute atomic E-state index is 0.389. The minimum atomic E-state index is -1.22. The van der Waals surface area contributed by atoms with Crippen LogP contribution in [0.5, 0.6) is 0 Å². The molecule has 3 heteroatoms. The van der Waals surface area contributed by atoms with Crippen LogP contribution in [0, 0.1) is 0 Å². The number of hydrogen-bond donors (Lipinski definition) is 1. The molecule has 0 heterocycles. The molecule has 0 saturated carbocycles. The molecular formula is C4H7FO2. The van der Waals surface area contributed by atoms with Gasteiger partial charge in [-0.05, 0) is 6.92 Å². The van der Waals surface area contributed by atoms with Crippen LogP contribution in [0.1, 0.15) is 13.3 Å². The van der Waals surface area contributed by atoms with Crippen LogP contribution in [0.25, 0.3) is 0 Å². The lowest BCUT2D eigenvalue weighted by Crippen LogP contribution is -2.02. The molecule has 0 aliphatic heterocycles. The molecule has 0 aromatic rings. The number of carbonyl (C=O) groups is 1. The zero-order valence-corrected chi connectivity index (χ0v) is 4.02. The van der Waals surface area contributed by atoms with Gasteiger partial charge in [-0.15, -0.1) is 0 Å². The average molecular weight is 106 g/mol. The minimum Gasteiger partial charge on any atom is -0.481 e. The van der Waals surface area contributed by atoms with Crippen molar-refractivity contribution in [2.24, 2.45) is 0 Å². The van der Waals surface area contributed by atoms with Crippen LogP contribution in [0.2, 0.25) is 0 Å². The first-order chi connectivity index (χ1) is 3.13. The van der Waals surface area contributed by atoms with E-state index in [9.17, 15) is 9.18 Å². The Morgan fingerprint density at radius 1 is 2.00 bits per heavy atom. The quantitative estimate of drug-likeness (QED) is 0.565. The number of hydrogen-bond acceptors (Lipinski definition) is 1. The average Bonchev–Trinajstić information content (AvgIpc) is 1.27. The van der Waals surface area contributed by atoms with Crippen molar-refractivity contribution >= 4 is 5.97 Å². The molecule has 0 amide bonds. The summed E-state index contributed by atoms with van der Waals surface area (Å²) < 4.78 is 11.6. The van der Waals surface area contributed by atoms with E-state index in [-0.39, 0.29) is 6.42 Å². The highest BCUT2D eigenvalue weighted by atomic mass is 19.1. The zero-order chi connectivity index (χ0) is 5.86. The van der Waals surface area contributed by atoms with Crippen molar-refractivity contribution in [2.45, 2.75) is 19.5 Å². The summed E-state index contributed by atoms with van der Waals surface area (Å²) in [5.74, 6) is -1.09. The summed E-state index contributed by atoms with van der Waals surface area (Å²) in [5, 5.41) is 7.84. The smallest absolute Gasteiger partial charge is 0.306 e. The van der Waals surface area contributed by atoms with E-state index in [0.717, 1.165) is 0 Å². The molecule has 0 saturated heterocycles. The van der Waals surface area contributed by atoms with E-state index >= 15 is 0 Å². The van der Waals surface area contributed by atoms with Crippen LogP contribution in [-0.2, 0) is 4.79 Å². The van der Waals surface area contributed by atoms with Crippen molar-refractivity contribution in [1.82, 2.24) is 0 Å². The predicted octanol–water partition coefficient (Wildman–Crippen LogP) is 0.819. The molecule has 1 N–H and O–H groups in total. The molecule has 0 aliphatic carbocycles. The highest BCUT2D eigenvalue weighted by molar-refractivity contribution is 5.67. The van der Waals surface area contributed by atoms with Crippen LogP contribution in [0.4, 0.5) is 4.39 Å². The first-order valence-corrected chi connectivity index (χ1v) is 1.99. The van der Waals surface area contributed by atoms with Gasteiger partial charge in [-0.2, -0.15) is 0 Å². The van der Waals surface area contributed by atoms with Crippen molar-refractivity contribution in [3.63, 3.8) is 0 Å². The molecule has 0 unspecified atom stereocenters. The molecule has 0 aromatic carbocycles. The van der Waals surface area contributed by atoms with E-state index in [4.69, 9.17) is 5.11 Å². The Morgan fingerprint density at radius 3 is 2.43 bits per heavy atom. The molecular weight excluding hydrogens is 99.0 g/mol. The number of halogens is 1. The fourth-order valence-electron chi connectivity index (χ4n) is 0.241. The van der Waals surface area contributed by atoms with E-state index in [2.05, 4.69) is 0 Å². The summed E-state index contributed by atoms with van der Waals surface area (Å²) in [7, 11) is 0. The molecule has 1 atom stereocenters. The number of carboxylic acids is 1. The summed E-state index contributed by atoms with van der Waals surface area (Å²) in [6.45, 7) is 1.22. The van der Waals surface area contributed by atoms with Crippen molar-refractivity contribution in [1.29, 1.82) is 0 Å². The van der Waals surface area contributed by atoms with Crippen molar-refractivity contribution in [2.75, 3.05) is 0 Å². The van der Waals surface area contributed by atoms with Crippen molar-refractivity contribution in [3.8, 4) is 0 Å². The fraction of sp³-hybridized carbons (Fsp3) is 0.750. The molecule has 0 rings (SSSR count). The van der Waals surface area contributed by atoms with Crippen molar-refractivity contribution < 1.29 is 14.3 Å². The topological polar surface area (TPSA) is 37.3 Å². The first kappa shape index (κ1) is 6.40. The highest BCUT2D eigenvalue weighted by Crippen LogP contribution is 1.92. The molecule has 0 aliphatic rings. The Hall–Kier alpha value is -0.600. The zero-order valence-electron chi connectivity index (χ0n) is 4.02. The third kappa shape index (κ3) is 5.40. The van der Waals surface area contributed by atoms with Gasteiger partial charge in [0.1, 0.15) is 6.17 Å². The summed E-state index contributed by atoms with van der Waals surface area (Å²) in [5.41, 5.74) is 0. The Balaban J connectivity index is 3.13. The van der Waals surface area contributed by atoms with E-state index in [1.165, 1.54) is 6.92 Å². The van der Waals surface area contributed by atoms with Gasteiger partial charge in [-0.3, -0.25) is 4.79 Å². The number of rotatable bonds is 2. The molecule has 0 bridgehead atoms. The Morgan fingerprint density at radius 2 is 2.43 bits per heavy atom. The highest BCUT2D eigenvalue weighted by Gasteiger charge is 2.02. The van der Waals surface area contributed by atoms with E-state index in [1.807, 2.05) is 0 Å². The standard InChI is InChI=1S/C4H7FO2/c1-3(5)2-4(6)7/h3H,2H2,1H3,(H,6,7)/t3-/m0/s1. The van der Waals surface area contributed by atoms with Gasteiger partial charge < -0.3 is 5.11 Å². The molecule has 0 radical (unpaired) electrons. The molecule has 7 heavy (non-hydrogen) atoms. The second kappa shape index (κ2) is 2.55. The normalized spacial score (nSPS) is 13.4. The van der Waals surface area contributed by atoms with Gasteiger partial charge in [0.25, 0.3) is 0 Å². The van der Waals surface area contributed by atoms with Gasteiger partial charge >= 0.3 is 5.97 Å². The maximum absolute atomic E-state index is 11.6. The monoisotopic (exact) mass is 106 g/mol. The largest absolute Gasteiger partial charge is 0.481 e. The summed E-state index contributed by atoms with van der Waals surface area (Å²) in [6, 6.07) is 0. The molecule has 2 nitrogen and oxygen atoms in total. The second-order valence-electron chi connectivity index (χ2n) is 1.38. The fourth-order valence-corrected chi connectivity index (χ4v) is 0.241. The van der Waals surface area contributed by atoms with Gasteiger partial charge in [0.15, 0.2) is 0 Å². The maximum Gasteiger partial charge on any atom is 0.306 e. The lowest BCUT2D eigenvalue weighted by Gasteiger charge is -1.90. The predicted molar refractivity (Wildman–Crippen MR) is 22.8 cm³/mol. The van der Waals surface area contributed by atoms with Crippen LogP contribution in [0.3, 0.4) is 0 Å². The lowest BCUT2D eigenvalue weighted by atomic mass is 10.3. The second-order valence-corrected chi connectivity index (χ2v) is 1.38. The van der Waals surface area contributed by atoms with E-state index in [0.29, 0.717) is 0 Å². The third-order valence-electron chi connectivity index (χ3n) is 0.456. The Kier molecular flexibility index (Phi) is 2.33. The lowest BCUT2D eigenvalue weighted by molar-refractivity contribution is -0.138. The van der Waals surface area contributed by atoms with Gasteiger partial charge in [-0.1, -0.05) is 0 Å². The number of alkyl halides is 1. The summed E-state index contributed by atoms with van der Waals surface area (Å²) in [4.78, 5) is 9.57. The number of aliphatic carboxylic acids is 1. The van der Waals surface area contributed by atoms with Crippen LogP contribution in [0.15, 0.2) is 0 Å². The third-order valence-corrected chi connectivity index (χ3v) is 0.456. The van der Waals surface area contributed by atoms with E-state index in [1.54, 1.807) is 0 Å². The Bertz CT molecular complexity index is 70.1. The number of carboxylic acid groups (broad SMARTS) is 1. The molecule has 0 fully saturated rings. The summed E-state index contributed by atoms with van der Waals surface area (Å²) in [6.07, 6.45) is -1.61. The van der Waals surface area contributed by atoms with Gasteiger partial charge in [0.05, 0.1) is 6.42 Å². The molecule has 42 valence electrons. The Labute approximate surface area is 41.0 Å².